The fourth-order valence-electron chi connectivity index (χ4n) is 3.11. The number of carbonyl (C=O) groups is 1. The molecule has 0 amide bonds. The van der Waals surface area contributed by atoms with Gasteiger partial charge in [0.05, 0.1) is 16.9 Å². The van der Waals surface area contributed by atoms with Crippen LogP contribution in [-0.4, -0.2) is 31.3 Å². The summed E-state index contributed by atoms with van der Waals surface area (Å²) >= 11 is 0. The number of aliphatic carboxylic acids is 1. The van der Waals surface area contributed by atoms with Crippen molar-refractivity contribution in [2.24, 2.45) is 0 Å². The molecule has 0 unspecified atom stereocenters. The summed E-state index contributed by atoms with van der Waals surface area (Å²) < 4.78 is 26.2. The van der Waals surface area contributed by atoms with Crippen molar-refractivity contribution >= 4 is 16.0 Å². The molecule has 0 bridgehead atoms. The number of hydrogen-bond acceptors (Lipinski definition) is 4. The maximum absolute atomic E-state index is 12.6. The van der Waals surface area contributed by atoms with Crippen LogP contribution in [0.3, 0.4) is 0 Å². The number of nitrogens with zero attached hydrogens (tertiary/aromatic N) is 1. The van der Waals surface area contributed by atoms with Gasteiger partial charge in [0.15, 0.2) is 0 Å². The van der Waals surface area contributed by atoms with Gasteiger partial charge < -0.3 is 9.90 Å². The molecule has 3 rings (SSSR count). The standard InChI is InChI=1S/C14H17NO4S/c16-14(17)13-5-2-8-15(13)20(18,19)12-7-6-10-3-1-4-11(10)9-12/h6-7,9,13H,1-5,8H2,(H,16,17)/p-1/t13-/m1/s1. The molecule has 0 radical (unpaired) electrons. The molecule has 1 fully saturated rings. The van der Waals surface area contributed by atoms with Crippen LogP contribution in [0.25, 0.3) is 0 Å². The first-order chi connectivity index (χ1) is 9.50. The Morgan fingerprint density at radius 1 is 1.20 bits per heavy atom. The second-order valence-electron chi connectivity index (χ2n) is 5.38. The fraction of sp³-hybridized carbons (Fsp3) is 0.500. The summed E-state index contributed by atoms with van der Waals surface area (Å²) in [6.07, 6.45) is 3.81. The molecule has 1 aromatic rings. The quantitative estimate of drug-likeness (QED) is 0.791. The molecule has 2 aliphatic rings. The molecule has 0 spiro atoms. The molecule has 1 aliphatic carbocycles. The largest absolute Gasteiger partial charge is 0.548 e. The van der Waals surface area contributed by atoms with E-state index >= 15 is 0 Å². The Morgan fingerprint density at radius 3 is 2.70 bits per heavy atom. The van der Waals surface area contributed by atoms with Gasteiger partial charge in [-0.1, -0.05) is 6.07 Å². The van der Waals surface area contributed by atoms with Crippen LogP contribution in [0.2, 0.25) is 0 Å². The third-order valence-corrected chi connectivity index (χ3v) is 6.06. The molecule has 6 heteroatoms. The lowest BCUT2D eigenvalue weighted by Gasteiger charge is -2.24. The molecule has 5 nitrogen and oxygen atoms in total. The minimum absolute atomic E-state index is 0.200. The highest BCUT2D eigenvalue weighted by Crippen LogP contribution is 2.29. The minimum Gasteiger partial charge on any atom is -0.548 e. The highest BCUT2D eigenvalue weighted by atomic mass is 32.2. The molecule has 1 heterocycles. The Kier molecular flexibility index (Phi) is 3.30. The summed E-state index contributed by atoms with van der Waals surface area (Å²) in [6, 6.07) is 4.10. The number of hydrogen-bond donors (Lipinski definition) is 0. The lowest BCUT2D eigenvalue weighted by molar-refractivity contribution is -0.309. The van der Waals surface area contributed by atoms with E-state index in [0.29, 0.717) is 12.8 Å². The fourth-order valence-corrected chi connectivity index (χ4v) is 4.81. The Hall–Kier alpha value is -1.40. The first kappa shape index (κ1) is 13.6. The number of carboxylic acids is 1. The van der Waals surface area contributed by atoms with Gasteiger partial charge in [-0.05, 0) is 55.4 Å². The number of rotatable bonds is 3. The van der Waals surface area contributed by atoms with Crippen molar-refractivity contribution in [2.45, 2.75) is 43.0 Å². The number of carboxylic acid groups (broad SMARTS) is 1. The van der Waals surface area contributed by atoms with Gasteiger partial charge in [0.1, 0.15) is 0 Å². The predicted octanol–water partition coefficient (Wildman–Crippen LogP) is 0.0783. The van der Waals surface area contributed by atoms with E-state index in [9.17, 15) is 18.3 Å². The first-order valence-electron chi connectivity index (χ1n) is 6.84. The van der Waals surface area contributed by atoms with Gasteiger partial charge in [-0.25, -0.2) is 8.42 Å². The van der Waals surface area contributed by atoms with Crippen LogP contribution in [0.4, 0.5) is 0 Å². The van der Waals surface area contributed by atoms with Crippen LogP contribution in [0, 0.1) is 0 Å². The topological polar surface area (TPSA) is 77.5 Å². The van der Waals surface area contributed by atoms with E-state index in [1.54, 1.807) is 12.1 Å². The van der Waals surface area contributed by atoms with E-state index in [2.05, 4.69) is 0 Å². The van der Waals surface area contributed by atoms with Crippen LogP contribution in [-0.2, 0) is 27.7 Å². The summed E-state index contributed by atoms with van der Waals surface area (Å²) in [7, 11) is -3.74. The third-order valence-electron chi connectivity index (χ3n) is 4.15. The Labute approximate surface area is 118 Å². The Balaban J connectivity index is 1.97. The molecule has 20 heavy (non-hydrogen) atoms. The predicted molar refractivity (Wildman–Crippen MR) is 70.4 cm³/mol. The van der Waals surface area contributed by atoms with Crippen molar-refractivity contribution in [3.8, 4) is 0 Å². The van der Waals surface area contributed by atoms with Gasteiger partial charge in [0, 0.05) is 6.54 Å². The zero-order chi connectivity index (χ0) is 14.3. The van der Waals surface area contributed by atoms with Crippen molar-refractivity contribution in [1.29, 1.82) is 0 Å². The van der Waals surface area contributed by atoms with E-state index < -0.39 is 22.0 Å². The van der Waals surface area contributed by atoms with E-state index in [1.807, 2.05) is 6.07 Å². The number of benzene rings is 1. The minimum atomic E-state index is -3.74. The van der Waals surface area contributed by atoms with E-state index in [1.165, 1.54) is 5.56 Å². The smallest absolute Gasteiger partial charge is 0.243 e. The molecular formula is C14H16NO4S-. The van der Waals surface area contributed by atoms with E-state index in [4.69, 9.17) is 0 Å². The molecule has 1 aromatic carbocycles. The number of aryl methyl sites for hydroxylation is 2. The van der Waals surface area contributed by atoms with Crippen molar-refractivity contribution in [3.05, 3.63) is 29.3 Å². The van der Waals surface area contributed by atoms with Gasteiger partial charge in [-0.2, -0.15) is 4.31 Å². The molecule has 0 saturated carbocycles. The van der Waals surface area contributed by atoms with Crippen molar-refractivity contribution in [2.75, 3.05) is 6.54 Å². The summed E-state index contributed by atoms with van der Waals surface area (Å²) in [5.41, 5.74) is 2.26. The van der Waals surface area contributed by atoms with Gasteiger partial charge in [0.25, 0.3) is 0 Å². The summed E-state index contributed by atoms with van der Waals surface area (Å²) in [5.74, 6) is -1.31. The molecule has 0 aromatic heterocycles. The SMILES string of the molecule is O=C([O-])[C@H]1CCCN1S(=O)(=O)c1ccc2c(c1)CCC2. The highest BCUT2D eigenvalue weighted by molar-refractivity contribution is 7.89. The monoisotopic (exact) mass is 294 g/mol. The van der Waals surface area contributed by atoms with Crippen LogP contribution in [0.15, 0.2) is 23.1 Å². The van der Waals surface area contributed by atoms with Crippen LogP contribution >= 0.6 is 0 Å². The van der Waals surface area contributed by atoms with Crippen molar-refractivity contribution in [1.82, 2.24) is 4.31 Å². The zero-order valence-electron chi connectivity index (χ0n) is 11.0. The summed E-state index contributed by atoms with van der Waals surface area (Å²) in [5, 5.41) is 11.1. The van der Waals surface area contributed by atoms with Gasteiger partial charge in [-0.15, -0.1) is 0 Å². The van der Waals surface area contributed by atoms with Crippen LogP contribution < -0.4 is 5.11 Å². The average Bonchev–Trinajstić information content (AvgIpc) is 3.06. The van der Waals surface area contributed by atoms with Crippen molar-refractivity contribution < 1.29 is 18.3 Å². The van der Waals surface area contributed by atoms with Crippen molar-refractivity contribution in [3.63, 3.8) is 0 Å². The van der Waals surface area contributed by atoms with Gasteiger partial charge >= 0.3 is 0 Å². The second-order valence-corrected chi connectivity index (χ2v) is 7.27. The zero-order valence-corrected chi connectivity index (χ0v) is 11.9. The molecule has 1 saturated heterocycles. The highest BCUT2D eigenvalue weighted by Gasteiger charge is 2.36. The molecule has 0 N–H and O–H groups in total. The summed E-state index contributed by atoms with van der Waals surface area (Å²) in [6.45, 7) is 0.248. The maximum atomic E-state index is 12.6. The van der Waals surface area contributed by atoms with E-state index in [0.717, 1.165) is 29.1 Å². The van der Waals surface area contributed by atoms with Crippen LogP contribution in [0.1, 0.15) is 30.4 Å². The van der Waals surface area contributed by atoms with Gasteiger partial charge in [-0.3, -0.25) is 0 Å². The number of carbonyl (C=O) groups excluding carboxylic acids is 1. The van der Waals surface area contributed by atoms with Crippen LogP contribution in [0.5, 0.6) is 0 Å². The third kappa shape index (κ3) is 2.13. The van der Waals surface area contributed by atoms with E-state index in [-0.39, 0.29) is 11.4 Å². The maximum Gasteiger partial charge on any atom is 0.243 e. The lowest BCUT2D eigenvalue weighted by atomic mass is 10.1. The number of fused-ring (bicyclic) bond motifs is 1. The molecule has 1 atom stereocenters. The molecule has 108 valence electrons. The molecular weight excluding hydrogens is 278 g/mol. The summed E-state index contributed by atoms with van der Waals surface area (Å²) in [4.78, 5) is 11.3. The first-order valence-corrected chi connectivity index (χ1v) is 8.28. The Bertz CT molecular complexity index is 653. The van der Waals surface area contributed by atoms with Gasteiger partial charge in [0.2, 0.25) is 10.0 Å². The average molecular weight is 294 g/mol. The second kappa shape index (κ2) is 4.86. The lowest BCUT2D eigenvalue weighted by Crippen LogP contribution is -2.46. The molecule has 1 aliphatic heterocycles. The Morgan fingerprint density at radius 2 is 1.95 bits per heavy atom. The normalized spacial score (nSPS) is 22.9. The number of sulfonamides is 1.